The first kappa shape index (κ1) is 21.5. The van der Waals surface area contributed by atoms with Crippen LogP contribution in [0.4, 0.5) is 5.82 Å². The van der Waals surface area contributed by atoms with Crippen molar-refractivity contribution >= 4 is 38.2 Å². The van der Waals surface area contributed by atoms with E-state index in [9.17, 15) is 4.21 Å². The molecular formula is C24H27N5OS2. The highest BCUT2D eigenvalue weighted by atomic mass is 32.2. The molecule has 0 aliphatic carbocycles. The zero-order valence-corrected chi connectivity index (χ0v) is 19.9. The van der Waals surface area contributed by atoms with Crippen LogP contribution in [0.1, 0.15) is 28.8 Å². The summed E-state index contributed by atoms with van der Waals surface area (Å²) in [7, 11) is -0.854. The number of aromatic nitrogens is 2. The number of nitriles is 1. The summed E-state index contributed by atoms with van der Waals surface area (Å²) < 4.78 is 11.7. The number of likely N-dealkylation sites (tertiary alicyclic amines) is 1. The molecular weight excluding hydrogens is 438 g/mol. The Hall–Kier alpha value is -2.34. The average molecular weight is 466 g/mol. The van der Waals surface area contributed by atoms with E-state index in [1.807, 2.05) is 0 Å². The van der Waals surface area contributed by atoms with Crippen LogP contribution in [0.25, 0.3) is 10.2 Å². The molecule has 2 aliphatic heterocycles. The summed E-state index contributed by atoms with van der Waals surface area (Å²) in [5.41, 5.74) is 2.72. The van der Waals surface area contributed by atoms with E-state index < -0.39 is 10.8 Å². The molecule has 4 heterocycles. The summed E-state index contributed by atoms with van der Waals surface area (Å²) in [5.74, 6) is 1.61. The van der Waals surface area contributed by atoms with Crippen LogP contribution in [0.3, 0.4) is 0 Å². The number of nitrogens with zero attached hydrogens (tertiary/aromatic N) is 5. The molecule has 2 fully saturated rings. The molecule has 8 heteroatoms. The first-order valence-corrected chi connectivity index (χ1v) is 13.5. The third-order valence-corrected chi connectivity index (χ3v) is 8.62. The molecule has 32 heavy (non-hydrogen) atoms. The Morgan fingerprint density at radius 2 is 1.94 bits per heavy atom. The molecule has 2 aliphatic rings. The van der Waals surface area contributed by atoms with Gasteiger partial charge in [-0.3, -0.25) is 9.11 Å². The third kappa shape index (κ3) is 4.42. The molecule has 3 aromatic rings. The normalized spacial score (nSPS) is 22.1. The number of anilines is 1. The minimum absolute atomic E-state index is 0.321. The Balaban J connectivity index is 1.27. The molecule has 5 rings (SSSR count). The van der Waals surface area contributed by atoms with Gasteiger partial charge in [0.15, 0.2) is 0 Å². The van der Waals surface area contributed by atoms with Crippen molar-refractivity contribution < 1.29 is 4.21 Å². The van der Waals surface area contributed by atoms with Crippen LogP contribution < -0.4 is 4.90 Å². The van der Waals surface area contributed by atoms with Crippen molar-refractivity contribution in [3.8, 4) is 6.07 Å². The second-order valence-electron chi connectivity index (χ2n) is 9.13. The Kier molecular flexibility index (Phi) is 5.97. The van der Waals surface area contributed by atoms with Crippen LogP contribution in [-0.2, 0) is 29.5 Å². The van der Waals surface area contributed by atoms with E-state index in [2.05, 4.69) is 56.2 Å². The highest BCUT2D eigenvalue weighted by Crippen LogP contribution is 2.43. The average Bonchev–Trinajstić information content (AvgIpc) is 3.48. The maximum atomic E-state index is 11.7. The predicted octanol–water partition coefficient (Wildman–Crippen LogP) is 3.74. The summed E-state index contributed by atoms with van der Waals surface area (Å²) >= 11 is 1.63. The number of benzene rings is 1. The molecule has 0 N–H and O–H groups in total. The van der Waals surface area contributed by atoms with Gasteiger partial charge in [-0.15, -0.1) is 11.3 Å². The zero-order chi connectivity index (χ0) is 22.1. The van der Waals surface area contributed by atoms with Crippen molar-refractivity contribution in [3.63, 3.8) is 0 Å². The predicted molar refractivity (Wildman–Crippen MR) is 130 cm³/mol. The SMILES string of the molecule is CS(=O)Cc1cc2c(N3CCC4(CCN(Cc5ccc(CC#N)cc5)C4)C3)ncnc2s1. The molecule has 2 aromatic heterocycles. The fraction of sp³-hybridized carbons (Fsp3) is 0.458. The number of hydrogen-bond donors (Lipinski definition) is 0. The van der Waals surface area contributed by atoms with Gasteiger partial charge in [0, 0.05) is 53.5 Å². The van der Waals surface area contributed by atoms with Crippen LogP contribution in [0, 0.1) is 16.7 Å². The summed E-state index contributed by atoms with van der Waals surface area (Å²) in [4.78, 5) is 16.2. The minimum Gasteiger partial charge on any atom is -0.355 e. The van der Waals surface area contributed by atoms with Crippen molar-refractivity contribution in [1.82, 2.24) is 14.9 Å². The zero-order valence-electron chi connectivity index (χ0n) is 18.3. The number of rotatable bonds is 6. The summed E-state index contributed by atoms with van der Waals surface area (Å²) in [6.07, 6.45) is 6.29. The fourth-order valence-corrected chi connectivity index (χ4v) is 7.14. The lowest BCUT2D eigenvalue weighted by atomic mass is 9.86. The topological polar surface area (TPSA) is 73.1 Å². The van der Waals surface area contributed by atoms with E-state index in [0.29, 0.717) is 17.6 Å². The van der Waals surface area contributed by atoms with Crippen LogP contribution in [0.15, 0.2) is 36.7 Å². The molecule has 1 spiro atoms. The van der Waals surface area contributed by atoms with Crippen LogP contribution in [0.2, 0.25) is 0 Å². The van der Waals surface area contributed by atoms with Crippen LogP contribution in [-0.4, -0.2) is 51.5 Å². The van der Waals surface area contributed by atoms with Gasteiger partial charge in [-0.1, -0.05) is 24.3 Å². The van der Waals surface area contributed by atoms with Gasteiger partial charge in [-0.2, -0.15) is 5.26 Å². The lowest BCUT2D eigenvalue weighted by molar-refractivity contribution is 0.270. The smallest absolute Gasteiger partial charge is 0.140 e. The summed E-state index contributed by atoms with van der Waals surface area (Å²) in [6.45, 7) is 5.25. The van der Waals surface area contributed by atoms with E-state index >= 15 is 0 Å². The minimum atomic E-state index is -0.854. The van der Waals surface area contributed by atoms with Gasteiger partial charge in [0.2, 0.25) is 0 Å². The number of thiophene rings is 1. The largest absolute Gasteiger partial charge is 0.355 e. The van der Waals surface area contributed by atoms with Crippen molar-refractivity contribution in [3.05, 3.63) is 52.7 Å². The maximum absolute atomic E-state index is 11.7. The Labute approximate surface area is 195 Å². The Morgan fingerprint density at radius 1 is 1.16 bits per heavy atom. The van der Waals surface area contributed by atoms with E-state index in [-0.39, 0.29) is 0 Å². The van der Waals surface area contributed by atoms with Crippen molar-refractivity contribution in [2.75, 3.05) is 37.3 Å². The third-order valence-electron chi connectivity index (χ3n) is 6.67. The number of hydrogen-bond acceptors (Lipinski definition) is 7. The van der Waals surface area contributed by atoms with Crippen LogP contribution in [0.5, 0.6) is 0 Å². The van der Waals surface area contributed by atoms with Crippen molar-refractivity contribution in [1.29, 1.82) is 5.26 Å². The second kappa shape index (κ2) is 8.89. The molecule has 0 bridgehead atoms. The first-order valence-electron chi connectivity index (χ1n) is 11.0. The Bertz CT molecular complexity index is 1190. The second-order valence-corrected chi connectivity index (χ2v) is 11.7. The fourth-order valence-electron chi connectivity index (χ4n) is 5.14. The standard InChI is InChI=1S/C24H27N5OS2/c1-32(30)14-20-12-21-22(26-17-27-23(21)31-20)29-11-8-24(16-29)7-10-28(15-24)13-19-4-2-18(3-5-19)6-9-25/h2-5,12,17H,6-8,10-11,13-16H2,1H3. The first-order chi connectivity index (χ1) is 15.5. The van der Waals surface area contributed by atoms with Crippen molar-refractivity contribution in [2.45, 2.75) is 31.6 Å². The van der Waals surface area contributed by atoms with E-state index in [0.717, 1.165) is 59.2 Å². The van der Waals surface area contributed by atoms with Gasteiger partial charge < -0.3 is 4.90 Å². The Morgan fingerprint density at radius 3 is 2.72 bits per heavy atom. The summed E-state index contributed by atoms with van der Waals surface area (Å²) in [5, 5.41) is 9.95. The molecule has 1 aromatic carbocycles. The van der Waals surface area contributed by atoms with Gasteiger partial charge in [-0.25, -0.2) is 9.97 Å². The van der Waals surface area contributed by atoms with Gasteiger partial charge in [0.05, 0.1) is 23.6 Å². The quantitative estimate of drug-likeness (QED) is 0.552. The molecule has 166 valence electrons. The summed E-state index contributed by atoms with van der Waals surface area (Å²) in [6, 6.07) is 12.8. The highest BCUT2D eigenvalue weighted by Gasteiger charge is 2.44. The lowest BCUT2D eigenvalue weighted by Crippen LogP contribution is -2.31. The molecule has 2 atom stereocenters. The van der Waals surface area contributed by atoms with Gasteiger partial charge in [0.1, 0.15) is 17.0 Å². The molecule has 0 saturated carbocycles. The monoisotopic (exact) mass is 465 g/mol. The van der Waals surface area contributed by atoms with E-state index in [1.54, 1.807) is 23.9 Å². The van der Waals surface area contributed by atoms with Gasteiger partial charge in [-0.05, 0) is 36.6 Å². The van der Waals surface area contributed by atoms with Crippen molar-refractivity contribution in [2.24, 2.45) is 5.41 Å². The lowest BCUT2D eigenvalue weighted by Gasteiger charge is -2.25. The van der Waals surface area contributed by atoms with Gasteiger partial charge in [0.25, 0.3) is 0 Å². The maximum Gasteiger partial charge on any atom is 0.140 e. The molecule has 2 saturated heterocycles. The molecule has 2 unspecified atom stereocenters. The molecule has 0 radical (unpaired) electrons. The molecule has 0 amide bonds. The van der Waals surface area contributed by atoms with E-state index in [4.69, 9.17) is 5.26 Å². The number of fused-ring (bicyclic) bond motifs is 1. The van der Waals surface area contributed by atoms with Crippen LogP contribution >= 0.6 is 11.3 Å². The highest BCUT2D eigenvalue weighted by molar-refractivity contribution is 7.83. The van der Waals surface area contributed by atoms with E-state index in [1.165, 1.54) is 18.4 Å². The van der Waals surface area contributed by atoms with Gasteiger partial charge >= 0.3 is 0 Å². The molecule has 6 nitrogen and oxygen atoms in total.